The van der Waals surface area contributed by atoms with Gasteiger partial charge in [-0.2, -0.15) is 0 Å². The van der Waals surface area contributed by atoms with Gasteiger partial charge in [0.25, 0.3) is 11.1 Å². The molecule has 1 aromatic rings. The number of imide groups is 1. The molecule has 5 heteroatoms. The highest BCUT2D eigenvalue weighted by Crippen LogP contribution is 2.40. The molecule has 0 saturated carbocycles. The Kier molecular flexibility index (Phi) is 5.08. The maximum Gasteiger partial charge on any atom is 0.294 e. The molecule has 2 amide bonds. The fourth-order valence-electron chi connectivity index (χ4n) is 3.86. The van der Waals surface area contributed by atoms with E-state index in [1.54, 1.807) is 13.0 Å². The summed E-state index contributed by atoms with van der Waals surface area (Å²) in [5.74, 6) is -0.251. The highest BCUT2D eigenvalue weighted by atomic mass is 32.2. The predicted molar refractivity (Wildman–Crippen MR) is 115 cm³/mol. The molecule has 2 heterocycles. The molecule has 2 aliphatic rings. The van der Waals surface area contributed by atoms with Crippen LogP contribution >= 0.6 is 11.8 Å². The normalized spacial score (nSPS) is 21.4. The molecule has 1 saturated heterocycles. The SMILES string of the molecule is C=CC(C)N1C(=O)S/C(=C/c2ccc3c(c2)C(C)=CC(C)(C)N3CC)C1=O. The Bertz CT molecular complexity index is 882. The van der Waals surface area contributed by atoms with Crippen molar-refractivity contribution in [1.29, 1.82) is 0 Å². The van der Waals surface area contributed by atoms with Crippen LogP contribution in [0.4, 0.5) is 10.5 Å². The highest BCUT2D eigenvalue weighted by Gasteiger charge is 2.37. The number of nitrogens with zero attached hydrogens (tertiary/aromatic N) is 2. The van der Waals surface area contributed by atoms with Crippen LogP contribution in [0.2, 0.25) is 0 Å². The van der Waals surface area contributed by atoms with Crippen molar-refractivity contribution in [3.8, 4) is 0 Å². The number of benzene rings is 1. The van der Waals surface area contributed by atoms with Gasteiger partial charge >= 0.3 is 0 Å². The molecule has 0 bridgehead atoms. The summed E-state index contributed by atoms with van der Waals surface area (Å²) in [7, 11) is 0. The van der Waals surface area contributed by atoms with E-state index in [0.717, 1.165) is 23.9 Å². The number of fused-ring (bicyclic) bond motifs is 1. The van der Waals surface area contributed by atoms with Gasteiger partial charge in [0.1, 0.15) is 0 Å². The van der Waals surface area contributed by atoms with E-state index in [1.807, 2.05) is 12.1 Å². The fraction of sp³-hybridized carbons (Fsp3) is 0.364. The van der Waals surface area contributed by atoms with Crippen molar-refractivity contribution in [2.24, 2.45) is 0 Å². The first-order valence-corrected chi connectivity index (χ1v) is 10.0. The lowest BCUT2D eigenvalue weighted by Gasteiger charge is -2.42. The van der Waals surface area contributed by atoms with Gasteiger partial charge in [-0.3, -0.25) is 14.5 Å². The van der Waals surface area contributed by atoms with Crippen LogP contribution in [-0.2, 0) is 4.79 Å². The number of carbonyl (C=O) groups is 2. The molecule has 1 aromatic carbocycles. The molecule has 1 fully saturated rings. The minimum Gasteiger partial charge on any atom is -0.363 e. The number of amides is 2. The summed E-state index contributed by atoms with van der Waals surface area (Å²) < 4.78 is 0. The summed E-state index contributed by atoms with van der Waals surface area (Å²) in [6, 6.07) is 5.92. The standard InChI is InChI=1S/C22H26N2O2S/c1-7-15(4)24-20(25)19(27-21(24)26)12-16-9-10-18-17(11-16)14(3)13-22(5,6)23(18)8-2/h7,9-13,15H,1,8H2,2-6H3/b19-12+. The number of carbonyl (C=O) groups excluding carboxylic acids is 2. The van der Waals surface area contributed by atoms with Gasteiger partial charge in [0, 0.05) is 17.8 Å². The van der Waals surface area contributed by atoms with Gasteiger partial charge in [0.15, 0.2) is 0 Å². The van der Waals surface area contributed by atoms with E-state index in [-0.39, 0.29) is 22.7 Å². The molecule has 3 rings (SSSR count). The molecule has 142 valence electrons. The largest absolute Gasteiger partial charge is 0.363 e. The van der Waals surface area contributed by atoms with Crippen LogP contribution in [-0.4, -0.2) is 34.2 Å². The van der Waals surface area contributed by atoms with Crippen molar-refractivity contribution >= 4 is 40.2 Å². The molecule has 4 nitrogen and oxygen atoms in total. The quantitative estimate of drug-likeness (QED) is 0.522. The zero-order valence-electron chi connectivity index (χ0n) is 16.6. The first-order chi connectivity index (χ1) is 12.7. The summed E-state index contributed by atoms with van der Waals surface area (Å²) in [6.07, 6.45) is 5.69. The summed E-state index contributed by atoms with van der Waals surface area (Å²) in [5, 5.41) is -0.244. The van der Waals surface area contributed by atoms with Crippen LogP contribution in [0, 0.1) is 0 Å². The maximum absolute atomic E-state index is 12.6. The molecule has 0 aromatic heterocycles. The van der Waals surface area contributed by atoms with Crippen molar-refractivity contribution < 1.29 is 9.59 Å². The highest BCUT2D eigenvalue weighted by molar-refractivity contribution is 8.18. The molecule has 0 aliphatic carbocycles. The van der Waals surface area contributed by atoms with E-state index >= 15 is 0 Å². The van der Waals surface area contributed by atoms with Gasteiger partial charge in [0.2, 0.25) is 0 Å². The predicted octanol–water partition coefficient (Wildman–Crippen LogP) is 5.32. The van der Waals surface area contributed by atoms with Gasteiger partial charge in [-0.15, -0.1) is 6.58 Å². The van der Waals surface area contributed by atoms with Gasteiger partial charge in [0.05, 0.1) is 16.5 Å². The second-order valence-corrected chi connectivity index (χ2v) is 8.52. The average molecular weight is 383 g/mol. The molecule has 0 radical (unpaired) electrons. The average Bonchev–Trinajstić information content (AvgIpc) is 2.88. The van der Waals surface area contributed by atoms with Crippen LogP contribution in [0.25, 0.3) is 11.6 Å². The third-order valence-electron chi connectivity index (χ3n) is 5.19. The first kappa shape index (κ1) is 19.5. The Hall–Kier alpha value is -2.27. The van der Waals surface area contributed by atoms with Crippen LogP contribution < -0.4 is 4.90 Å². The third kappa shape index (κ3) is 3.36. The molecule has 2 aliphatic heterocycles. The maximum atomic E-state index is 12.6. The van der Waals surface area contributed by atoms with E-state index < -0.39 is 0 Å². The van der Waals surface area contributed by atoms with E-state index in [0.29, 0.717) is 4.91 Å². The topological polar surface area (TPSA) is 40.6 Å². The van der Waals surface area contributed by atoms with Crippen LogP contribution in [0.3, 0.4) is 0 Å². The Balaban J connectivity index is 1.98. The van der Waals surface area contributed by atoms with Gasteiger partial charge in [-0.05, 0) is 75.7 Å². The monoisotopic (exact) mass is 382 g/mol. The van der Waals surface area contributed by atoms with Crippen molar-refractivity contribution in [3.05, 3.63) is 53.0 Å². The lowest BCUT2D eigenvalue weighted by atomic mass is 9.88. The zero-order valence-corrected chi connectivity index (χ0v) is 17.4. The Morgan fingerprint density at radius 2 is 2.00 bits per heavy atom. The van der Waals surface area contributed by atoms with E-state index in [9.17, 15) is 9.59 Å². The molecule has 0 spiro atoms. The number of allylic oxidation sites excluding steroid dienone is 1. The Labute approximate surface area is 165 Å². The van der Waals surface area contributed by atoms with Crippen LogP contribution in [0.5, 0.6) is 0 Å². The molecule has 1 atom stereocenters. The number of hydrogen-bond donors (Lipinski definition) is 0. The zero-order chi connectivity index (χ0) is 19.9. The number of rotatable bonds is 4. The molecular weight excluding hydrogens is 356 g/mol. The Morgan fingerprint density at radius 3 is 2.63 bits per heavy atom. The number of thioether (sulfide) groups is 1. The third-order valence-corrected chi connectivity index (χ3v) is 6.07. The second-order valence-electron chi connectivity index (χ2n) is 7.53. The summed E-state index contributed by atoms with van der Waals surface area (Å²) in [5.41, 5.74) is 4.49. The van der Waals surface area contributed by atoms with E-state index in [4.69, 9.17) is 0 Å². The van der Waals surface area contributed by atoms with Crippen molar-refractivity contribution in [1.82, 2.24) is 4.90 Å². The van der Waals surface area contributed by atoms with Gasteiger partial charge in [-0.25, -0.2) is 0 Å². The smallest absolute Gasteiger partial charge is 0.294 e. The molecule has 1 unspecified atom stereocenters. The minimum absolute atomic E-state index is 0.0309. The molecule has 27 heavy (non-hydrogen) atoms. The fourth-order valence-corrected chi connectivity index (χ4v) is 4.77. The van der Waals surface area contributed by atoms with Crippen molar-refractivity contribution in [3.63, 3.8) is 0 Å². The van der Waals surface area contributed by atoms with Gasteiger partial charge in [-0.1, -0.05) is 18.2 Å². The van der Waals surface area contributed by atoms with Gasteiger partial charge < -0.3 is 4.90 Å². The van der Waals surface area contributed by atoms with E-state index in [2.05, 4.69) is 57.4 Å². The second kappa shape index (κ2) is 7.04. The van der Waals surface area contributed by atoms with Crippen LogP contribution in [0.1, 0.15) is 45.7 Å². The number of hydrogen-bond acceptors (Lipinski definition) is 4. The lowest BCUT2D eigenvalue weighted by Crippen LogP contribution is -2.44. The lowest BCUT2D eigenvalue weighted by molar-refractivity contribution is -0.123. The number of likely N-dealkylation sites (N-methyl/N-ethyl adjacent to an activating group) is 1. The first-order valence-electron chi connectivity index (χ1n) is 9.20. The minimum atomic E-state index is -0.308. The summed E-state index contributed by atoms with van der Waals surface area (Å²) >= 11 is 0.989. The van der Waals surface area contributed by atoms with E-state index in [1.165, 1.54) is 21.7 Å². The van der Waals surface area contributed by atoms with Crippen LogP contribution in [0.15, 0.2) is 41.8 Å². The summed E-state index contributed by atoms with van der Waals surface area (Å²) in [4.78, 5) is 28.9. The molecule has 0 N–H and O–H groups in total. The van der Waals surface area contributed by atoms with Crippen molar-refractivity contribution in [2.45, 2.75) is 46.2 Å². The Morgan fingerprint density at radius 1 is 1.30 bits per heavy atom. The van der Waals surface area contributed by atoms with Crippen molar-refractivity contribution in [2.75, 3.05) is 11.4 Å². The molecular formula is C22H26N2O2S. The number of anilines is 1. The summed E-state index contributed by atoms with van der Waals surface area (Å²) in [6.45, 7) is 15.1.